The fourth-order valence-corrected chi connectivity index (χ4v) is 6.37. The van der Waals surface area contributed by atoms with Gasteiger partial charge in [-0.2, -0.15) is 0 Å². The Morgan fingerprint density at radius 1 is 0.857 bits per heavy atom. The Labute approximate surface area is 209 Å². The summed E-state index contributed by atoms with van der Waals surface area (Å²) in [7, 11) is 3.46. The number of hydrogen-bond donors (Lipinski definition) is 1. The van der Waals surface area contributed by atoms with Crippen molar-refractivity contribution in [1.82, 2.24) is 0 Å². The number of hydrogen-bond acceptors (Lipinski definition) is 4. The third-order valence-electron chi connectivity index (χ3n) is 8.16. The van der Waals surface area contributed by atoms with Gasteiger partial charge in [-0.1, -0.05) is 42.5 Å². The summed E-state index contributed by atoms with van der Waals surface area (Å²) in [5.41, 5.74) is 8.05. The lowest BCUT2D eigenvalue weighted by Gasteiger charge is -2.37. The summed E-state index contributed by atoms with van der Waals surface area (Å²) in [5.74, 6) is 1.52. The van der Waals surface area contributed by atoms with Gasteiger partial charge in [-0.15, -0.1) is 0 Å². The number of piperidine rings is 1. The van der Waals surface area contributed by atoms with E-state index in [4.69, 9.17) is 9.47 Å². The van der Waals surface area contributed by atoms with Crippen molar-refractivity contribution < 1.29 is 14.6 Å². The summed E-state index contributed by atoms with van der Waals surface area (Å²) in [4.78, 5) is 2.50. The zero-order chi connectivity index (χ0) is 24.4. The molecule has 1 aliphatic carbocycles. The predicted molar refractivity (Wildman–Crippen MR) is 141 cm³/mol. The number of fused-ring (bicyclic) bond motifs is 1. The second-order valence-corrected chi connectivity index (χ2v) is 10.1. The van der Waals surface area contributed by atoms with Crippen LogP contribution in [0.15, 0.2) is 66.7 Å². The highest BCUT2D eigenvalue weighted by Crippen LogP contribution is 2.48. The number of nitrogens with zero attached hydrogens (tertiary/aromatic N) is 1. The largest absolute Gasteiger partial charge is 0.508 e. The lowest BCUT2D eigenvalue weighted by Crippen LogP contribution is -2.39. The molecule has 4 nitrogen and oxygen atoms in total. The third kappa shape index (κ3) is 4.82. The van der Waals surface area contributed by atoms with Crippen LogP contribution in [-0.4, -0.2) is 38.7 Å². The van der Waals surface area contributed by atoms with Crippen LogP contribution in [0.1, 0.15) is 58.9 Å². The number of phenolic OH excluding ortho intramolecular Hbond substituents is 1. The Kier molecular flexibility index (Phi) is 7.12. The van der Waals surface area contributed by atoms with Crippen molar-refractivity contribution in [3.63, 3.8) is 0 Å². The molecule has 35 heavy (non-hydrogen) atoms. The lowest BCUT2D eigenvalue weighted by atomic mass is 9.68. The van der Waals surface area contributed by atoms with Crippen molar-refractivity contribution >= 4 is 5.69 Å². The normalized spacial score (nSPS) is 20.7. The molecular weight excluding hydrogens is 434 g/mol. The molecular formula is C31H37NO3. The first kappa shape index (κ1) is 23.9. The molecule has 2 aliphatic rings. The number of anilines is 1. The zero-order valence-corrected chi connectivity index (χ0v) is 21.1. The Hall–Kier alpha value is -2.82. The van der Waals surface area contributed by atoms with Crippen LogP contribution in [0, 0.1) is 12.8 Å². The Bertz CT molecular complexity index is 1130. The van der Waals surface area contributed by atoms with Crippen molar-refractivity contribution in [2.24, 2.45) is 5.92 Å². The van der Waals surface area contributed by atoms with Crippen molar-refractivity contribution in [2.45, 2.75) is 50.7 Å². The summed E-state index contributed by atoms with van der Waals surface area (Å²) >= 11 is 0. The zero-order valence-electron chi connectivity index (χ0n) is 21.1. The number of rotatable bonds is 6. The highest BCUT2D eigenvalue weighted by molar-refractivity contribution is 5.55. The van der Waals surface area contributed by atoms with Crippen LogP contribution < -0.4 is 4.90 Å². The van der Waals surface area contributed by atoms with Gasteiger partial charge in [-0.25, -0.2) is 0 Å². The molecule has 2 atom stereocenters. The number of aromatic hydroxyl groups is 1. The van der Waals surface area contributed by atoms with E-state index in [1.54, 1.807) is 14.2 Å². The van der Waals surface area contributed by atoms with E-state index in [9.17, 15) is 5.11 Å². The molecule has 5 rings (SSSR count). The minimum atomic E-state index is -0.109. The molecule has 0 radical (unpaired) electrons. The van der Waals surface area contributed by atoms with Gasteiger partial charge in [0.05, 0.1) is 0 Å². The lowest BCUT2D eigenvalue weighted by molar-refractivity contribution is -0.141. The standard InChI is InChI=1S/C31H37NO3/c1-21-19-25(32-17-15-23(16-18-32)31(34-2)35-3)10-13-27(21)30-28(22-7-5-4-6-8-22)12-9-24-20-26(33)11-14-29(24)30/h4-8,10-11,13-14,19-20,23,28,30-31,33H,9,12,15-18H2,1-3H3/t28-,30+/m1/s1. The average Bonchev–Trinajstić information content (AvgIpc) is 2.89. The van der Waals surface area contributed by atoms with E-state index in [1.807, 2.05) is 12.1 Å². The SMILES string of the molecule is COC(OC)C1CCN(c2ccc([C@@H]3c4ccc(O)cc4CC[C@@H]3c3ccccc3)c(C)c2)CC1. The topological polar surface area (TPSA) is 41.9 Å². The first-order chi connectivity index (χ1) is 17.1. The average molecular weight is 472 g/mol. The molecule has 1 heterocycles. The van der Waals surface area contributed by atoms with E-state index in [2.05, 4.69) is 66.4 Å². The highest BCUT2D eigenvalue weighted by Gasteiger charge is 2.33. The molecule has 1 fully saturated rings. The van der Waals surface area contributed by atoms with E-state index in [0.29, 0.717) is 17.6 Å². The molecule has 0 bridgehead atoms. The van der Waals surface area contributed by atoms with Gasteiger partial charge in [0.25, 0.3) is 0 Å². The van der Waals surface area contributed by atoms with E-state index in [1.165, 1.54) is 33.5 Å². The Morgan fingerprint density at radius 3 is 2.26 bits per heavy atom. The van der Waals surface area contributed by atoms with E-state index < -0.39 is 0 Å². The van der Waals surface area contributed by atoms with Gasteiger partial charge in [0.1, 0.15) is 5.75 Å². The monoisotopic (exact) mass is 471 g/mol. The van der Waals surface area contributed by atoms with Crippen LogP contribution in [0.4, 0.5) is 5.69 Å². The molecule has 0 spiro atoms. The Morgan fingerprint density at radius 2 is 1.57 bits per heavy atom. The molecule has 0 saturated carbocycles. The summed E-state index contributed by atoms with van der Waals surface area (Å²) in [6.07, 6.45) is 4.11. The molecule has 1 N–H and O–H groups in total. The summed E-state index contributed by atoms with van der Waals surface area (Å²) in [6, 6.07) is 23.9. The number of ether oxygens (including phenoxy) is 2. The highest BCUT2D eigenvalue weighted by atomic mass is 16.7. The van der Waals surface area contributed by atoms with Crippen LogP contribution in [0.2, 0.25) is 0 Å². The first-order valence-electron chi connectivity index (χ1n) is 12.9. The number of aryl methyl sites for hydroxylation is 2. The molecule has 184 valence electrons. The van der Waals surface area contributed by atoms with Crippen molar-refractivity contribution in [3.05, 3.63) is 94.5 Å². The summed E-state index contributed by atoms with van der Waals surface area (Å²) in [6.45, 7) is 4.30. The number of methoxy groups -OCH3 is 2. The van der Waals surface area contributed by atoms with Crippen molar-refractivity contribution in [3.8, 4) is 5.75 Å². The maximum absolute atomic E-state index is 10.1. The second-order valence-electron chi connectivity index (χ2n) is 10.1. The maximum atomic E-state index is 10.1. The molecule has 1 aliphatic heterocycles. The van der Waals surface area contributed by atoms with Gasteiger partial charge < -0.3 is 19.5 Å². The fourth-order valence-electron chi connectivity index (χ4n) is 6.37. The minimum Gasteiger partial charge on any atom is -0.508 e. The van der Waals surface area contributed by atoms with Gasteiger partial charge >= 0.3 is 0 Å². The quantitative estimate of drug-likeness (QED) is 0.423. The van der Waals surface area contributed by atoms with Gasteiger partial charge in [-0.05, 0) is 90.6 Å². The number of benzene rings is 3. The Balaban J connectivity index is 1.44. The van der Waals surface area contributed by atoms with Crippen LogP contribution in [0.25, 0.3) is 0 Å². The van der Waals surface area contributed by atoms with Gasteiger partial charge in [0.15, 0.2) is 6.29 Å². The fraction of sp³-hybridized carbons (Fsp3) is 0.419. The van der Waals surface area contributed by atoms with Crippen molar-refractivity contribution in [1.29, 1.82) is 0 Å². The van der Waals surface area contributed by atoms with E-state index in [0.717, 1.165) is 38.8 Å². The van der Waals surface area contributed by atoms with Crippen LogP contribution in [0.5, 0.6) is 5.75 Å². The van der Waals surface area contributed by atoms with E-state index >= 15 is 0 Å². The predicted octanol–water partition coefficient (Wildman–Crippen LogP) is 6.40. The smallest absolute Gasteiger partial charge is 0.159 e. The van der Waals surface area contributed by atoms with Gasteiger partial charge in [0, 0.05) is 44.8 Å². The van der Waals surface area contributed by atoms with Gasteiger partial charge in [-0.3, -0.25) is 0 Å². The maximum Gasteiger partial charge on any atom is 0.159 e. The molecule has 4 heteroatoms. The molecule has 1 saturated heterocycles. The molecule has 0 aromatic heterocycles. The third-order valence-corrected chi connectivity index (χ3v) is 8.16. The molecule has 3 aromatic carbocycles. The number of phenols is 1. The van der Waals surface area contributed by atoms with Crippen molar-refractivity contribution in [2.75, 3.05) is 32.2 Å². The summed E-state index contributed by atoms with van der Waals surface area (Å²) in [5, 5.41) is 10.1. The van der Waals surface area contributed by atoms with Gasteiger partial charge in [0.2, 0.25) is 0 Å². The second kappa shape index (κ2) is 10.4. The summed E-state index contributed by atoms with van der Waals surface area (Å²) < 4.78 is 11.0. The van der Waals surface area contributed by atoms with Crippen LogP contribution >= 0.6 is 0 Å². The van der Waals surface area contributed by atoms with Crippen LogP contribution in [0.3, 0.4) is 0 Å². The minimum absolute atomic E-state index is 0.109. The first-order valence-corrected chi connectivity index (χ1v) is 12.9. The van der Waals surface area contributed by atoms with Crippen LogP contribution in [-0.2, 0) is 15.9 Å². The van der Waals surface area contributed by atoms with E-state index in [-0.39, 0.29) is 12.2 Å². The molecule has 0 amide bonds. The molecule has 0 unspecified atom stereocenters. The molecule has 3 aromatic rings.